The zero-order valence-corrected chi connectivity index (χ0v) is 20.1. The van der Waals surface area contributed by atoms with Gasteiger partial charge in [0.15, 0.2) is 0 Å². The molecule has 0 amide bonds. The van der Waals surface area contributed by atoms with Gasteiger partial charge in [-0.3, -0.25) is 10.3 Å². The molecule has 5 rings (SSSR count). The predicted molar refractivity (Wildman–Crippen MR) is 144 cm³/mol. The largest absolute Gasteiger partial charge is 0.457 e. The molecule has 1 fully saturated rings. The third-order valence-electron chi connectivity index (χ3n) is 6.34. The number of para-hydroxylation sites is 1. The van der Waals surface area contributed by atoms with Crippen LogP contribution in [0.5, 0.6) is 11.5 Å². The van der Waals surface area contributed by atoms with Crippen LogP contribution in [0.1, 0.15) is 29.5 Å². The Morgan fingerprint density at radius 3 is 2.39 bits per heavy atom. The molecule has 7 nitrogen and oxygen atoms in total. The molecule has 2 heterocycles. The molecule has 0 bridgehead atoms. The minimum absolute atomic E-state index is 0.213. The number of benzene rings is 3. The maximum atomic E-state index is 8.90. The summed E-state index contributed by atoms with van der Waals surface area (Å²) in [6.45, 7) is 2.89. The van der Waals surface area contributed by atoms with E-state index in [-0.39, 0.29) is 11.8 Å². The highest BCUT2D eigenvalue weighted by molar-refractivity contribution is 6.16. The third kappa shape index (κ3) is 5.70. The van der Waals surface area contributed by atoms with Gasteiger partial charge >= 0.3 is 0 Å². The number of hydrogen-bond acceptors (Lipinski definition) is 7. The number of nitrogens with one attached hydrogen (secondary N) is 2. The van der Waals surface area contributed by atoms with Crippen LogP contribution in [0.4, 0.5) is 11.6 Å². The molecule has 0 saturated carbocycles. The summed E-state index contributed by atoms with van der Waals surface area (Å²) in [6, 6.07) is 27.8. The fourth-order valence-electron chi connectivity index (χ4n) is 4.57. The first-order valence-electron chi connectivity index (χ1n) is 12.2. The summed E-state index contributed by atoms with van der Waals surface area (Å²) in [7, 11) is 0. The van der Waals surface area contributed by atoms with Crippen LogP contribution >= 0.6 is 0 Å². The van der Waals surface area contributed by atoms with Crippen LogP contribution in [0.15, 0.2) is 91.3 Å². The molecule has 182 valence electrons. The van der Waals surface area contributed by atoms with Crippen molar-refractivity contribution < 1.29 is 4.74 Å². The second-order valence-electron chi connectivity index (χ2n) is 9.00. The maximum absolute atomic E-state index is 8.90. The Bertz CT molecular complexity index is 1290. The van der Waals surface area contributed by atoms with Gasteiger partial charge in [-0.25, -0.2) is 9.97 Å². The SMILES string of the molecule is N=C(c1ccc(Oc2ccccc2)cc1)c1c(N)ncnc1NC1CCCN(Cc2ccccc2)C1. The molecule has 4 aromatic rings. The van der Waals surface area contributed by atoms with Gasteiger partial charge in [0.05, 0.1) is 11.3 Å². The second-order valence-corrected chi connectivity index (χ2v) is 9.00. The number of nitrogen functional groups attached to an aromatic ring is 1. The van der Waals surface area contributed by atoms with Crippen molar-refractivity contribution in [3.05, 3.63) is 108 Å². The maximum Gasteiger partial charge on any atom is 0.141 e. The lowest BCUT2D eigenvalue weighted by Gasteiger charge is -2.33. The van der Waals surface area contributed by atoms with Crippen LogP contribution in [0.25, 0.3) is 0 Å². The molecule has 4 N–H and O–H groups in total. The van der Waals surface area contributed by atoms with E-state index in [2.05, 4.69) is 44.5 Å². The number of piperidine rings is 1. The van der Waals surface area contributed by atoms with Crippen LogP contribution in [-0.4, -0.2) is 39.7 Å². The summed E-state index contributed by atoms with van der Waals surface area (Å²) in [6.07, 6.45) is 3.59. The van der Waals surface area contributed by atoms with Crippen LogP contribution in [-0.2, 0) is 6.54 Å². The van der Waals surface area contributed by atoms with E-state index in [1.54, 1.807) is 0 Å². The van der Waals surface area contributed by atoms with E-state index < -0.39 is 0 Å². The van der Waals surface area contributed by atoms with Crippen LogP contribution < -0.4 is 15.8 Å². The average Bonchev–Trinajstić information content (AvgIpc) is 2.90. The molecule has 1 atom stereocenters. The molecular weight excluding hydrogens is 448 g/mol. The Balaban J connectivity index is 1.29. The van der Waals surface area contributed by atoms with Crippen molar-refractivity contribution in [1.82, 2.24) is 14.9 Å². The van der Waals surface area contributed by atoms with Crippen molar-refractivity contribution in [2.75, 3.05) is 24.1 Å². The zero-order chi connectivity index (χ0) is 24.7. The molecule has 3 aromatic carbocycles. The van der Waals surface area contributed by atoms with Crippen molar-refractivity contribution >= 4 is 17.3 Å². The van der Waals surface area contributed by atoms with E-state index in [0.717, 1.165) is 38.2 Å². The van der Waals surface area contributed by atoms with Crippen molar-refractivity contribution in [1.29, 1.82) is 5.41 Å². The van der Waals surface area contributed by atoms with Crippen molar-refractivity contribution in [2.24, 2.45) is 0 Å². The molecule has 1 aliphatic heterocycles. The smallest absolute Gasteiger partial charge is 0.141 e. The van der Waals surface area contributed by atoms with E-state index in [0.29, 0.717) is 28.5 Å². The summed E-state index contributed by atoms with van der Waals surface area (Å²) in [5.74, 6) is 2.36. The quantitative estimate of drug-likeness (QED) is 0.296. The molecule has 1 saturated heterocycles. The van der Waals surface area contributed by atoms with Gasteiger partial charge in [-0.15, -0.1) is 0 Å². The van der Waals surface area contributed by atoms with Gasteiger partial charge in [0.25, 0.3) is 0 Å². The Labute approximate surface area is 211 Å². The highest BCUT2D eigenvalue weighted by Crippen LogP contribution is 2.26. The van der Waals surface area contributed by atoms with E-state index in [1.807, 2.05) is 60.7 Å². The van der Waals surface area contributed by atoms with Crippen LogP contribution in [0, 0.1) is 5.41 Å². The van der Waals surface area contributed by atoms with Gasteiger partial charge in [-0.1, -0.05) is 48.5 Å². The Kier molecular flexibility index (Phi) is 7.19. The first-order valence-corrected chi connectivity index (χ1v) is 12.2. The standard InChI is InChI=1S/C29H30N6O/c30-27(22-13-15-25(16-14-22)36-24-11-5-2-6-12-24)26-28(31)32-20-33-29(26)34-23-10-7-17-35(19-23)18-21-8-3-1-4-9-21/h1-6,8-9,11-16,20,23,30H,7,10,17-19H2,(H3,31,32,33,34). The monoisotopic (exact) mass is 478 g/mol. The fourth-order valence-corrected chi connectivity index (χ4v) is 4.57. The highest BCUT2D eigenvalue weighted by atomic mass is 16.5. The number of nitrogens with zero attached hydrogens (tertiary/aromatic N) is 3. The Morgan fingerprint density at radius 1 is 0.944 bits per heavy atom. The summed E-state index contributed by atoms with van der Waals surface area (Å²) in [4.78, 5) is 11.1. The lowest BCUT2D eigenvalue weighted by Crippen LogP contribution is -2.42. The van der Waals surface area contributed by atoms with Crippen molar-refractivity contribution in [3.8, 4) is 11.5 Å². The lowest BCUT2D eigenvalue weighted by molar-refractivity contribution is 0.208. The van der Waals surface area contributed by atoms with Gasteiger partial charge in [-0.2, -0.15) is 0 Å². The minimum atomic E-state index is 0.213. The molecule has 0 spiro atoms. The number of rotatable bonds is 8. The van der Waals surface area contributed by atoms with Crippen molar-refractivity contribution in [2.45, 2.75) is 25.4 Å². The molecular formula is C29H30N6O. The molecule has 0 aliphatic carbocycles. The van der Waals surface area contributed by atoms with Crippen molar-refractivity contribution in [3.63, 3.8) is 0 Å². The molecule has 7 heteroatoms. The lowest BCUT2D eigenvalue weighted by atomic mass is 10.0. The molecule has 1 aromatic heterocycles. The molecule has 1 aliphatic rings. The second kappa shape index (κ2) is 11.0. The highest BCUT2D eigenvalue weighted by Gasteiger charge is 2.23. The Morgan fingerprint density at radius 2 is 1.64 bits per heavy atom. The van der Waals surface area contributed by atoms with Crippen LogP contribution in [0.3, 0.4) is 0 Å². The van der Waals surface area contributed by atoms with E-state index in [9.17, 15) is 0 Å². The summed E-state index contributed by atoms with van der Waals surface area (Å²) >= 11 is 0. The molecule has 0 radical (unpaired) electrons. The molecule has 36 heavy (non-hydrogen) atoms. The van der Waals surface area contributed by atoms with E-state index in [1.165, 1.54) is 11.9 Å². The van der Waals surface area contributed by atoms with Gasteiger partial charge in [0.1, 0.15) is 29.5 Å². The summed E-state index contributed by atoms with van der Waals surface area (Å²) in [5, 5.41) is 12.5. The number of anilines is 2. The third-order valence-corrected chi connectivity index (χ3v) is 6.34. The first kappa shape index (κ1) is 23.5. The zero-order valence-electron chi connectivity index (χ0n) is 20.1. The van der Waals surface area contributed by atoms with Gasteiger partial charge in [-0.05, 0) is 61.3 Å². The number of likely N-dealkylation sites (tertiary alicyclic amines) is 1. The summed E-state index contributed by atoms with van der Waals surface area (Å²) in [5.41, 5.74) is 9.09. The van der Waals surface area contributed by atoms with E-state index >= 15 is 0 Å². The minimum Gasteiger partial charge on any atom is -0.457 e. The number of nitrogens with two attached hydrogens (primary N) is 1. The summed E-state index contributed by atoms with van der Waals surface area (Å²) < 4.78 is 5.88. The first-order chi connectivity index (χ1) is 17.7. The predicted octanol–water partition coefficient (Wildman–Crippen LogP) is 5.34. The van der Waals surface area contributed by atoms with E-state index in [4.69, 9.17) is 15.9 Å². The number of aromatic nitrogens is 2. The van der Waals surface area contributed by atoms with Gasteiger partial charge in [0.2, 0.25) is 0 Å². The number of ether oxygens (including phenoxy) is 1. The Hall–Kier alpha value is -4.23. The molecule has 1 unspecified atom stereocenters. The average molecular weight is 479 g/mol. The number of hydrogen-bond donors (Lipinski definition) is 3. The van der Waals surface area contributed by atoms with Gasteiger partial charge < -0.3 is 15.8 Å². The van der Waals surface area contributed by atoms with Crippen LogP contribution in [0.2, 0.25) is 0 Å². The fraction of sp³-hybridized carbons (Fsp3) is 0.207. The van der Waals surface area contributed by atoms with Gasteiger partial charge in [0, 0.05) is 24.7 Å². The topological polar surface area (TPSA) is 100 Å². The normalized spacial score (nSPS) is 15.8.